The summed E-state index contributed by atoms with van der Waals surface area (Å²) < 4.78 is 11.4. The van der Waals surface area contributed by atoms with Gasteiger partial charge in [0.2, 0.25) is 0 Å². The average Bonchev–Trinajstić information content (AvgIpc) is 2.68. The molecule has 0 heterocycles. The van der Waals surface area contributed by atoms with E-state index in [-0.39, 0.29) is 5.11 Å². The summed E-state index contributed by atoms with van der Waals surface area (Å²) in [4.78, 5) is 2.26. The first kappa shape index (κ1) is 20.5. The SMILES string of the molecule is CCN(CC)c1ccc(/C=N/NC(N)=S)c(OCc2cccc(OC)c2)c1. The number of rotatable bonds is 9. The van der Waals surface area contributed by atoms with E-state index in [1.807, 2.05) is 42.5 Å². The van der Waals surface area contributed by atoms with Crippen LogP contribution in [0.5, 0.6) is 11.5 Å². The van der Waals surface area contributed by atoms with Gasteiger partial charge < -0.3 is 20.1 Å². The standard InChI is InChI=1S/C20H26N4O2S/c1-4-24(5-2)17-10-9-16(13-22-23-20(21)27)19(12-17)26-14-15-7-6-8-18(11-15)25-3/h6-13H,4-5,14H2,1-3H3,(H3,21,23,27)/b22-13+. The molecule has 7 heteroatoms. The number of nitrogens with two attached hydrogens (primary N) is 1. The van der Waals surface area contributed by atoms with Crippen LogP contribution in [0.25, 0.3) is 0 Å². The Balaban J connectivity index is 2.26. The van der Waals surface area contributed by atoms with E-state index >= 15 is 0 Å². The Morgan fingerprint density at radius 2 is 2.00 bits per heavy atom. The lowest BCUT2D eigenvalue weighted by molar-refractivity contribution is 0.305. The fraction of sp³-hybridized carbons (Fsp3) is 0.300. The maximum Gasteiger partial charge on any atom is 0.184 e. The largest absolute Gasteiger partial charge is 0.497 e. The van der Waals surface area contributed by atoms with Gasteiger partial charge in [0.05, 0.1) is 13.3 Å². The smallest absolute Gasteiger partial charge is 0.184 e. The van der Waals surface area contributed by atoms with Crippen LogP contribution in [-0.2, 0) is 6.61 Å². The molecule has 6 nitrogen and oxygen atoms in total. The van der Waals surface area contributed by atoms with Crippen LogP contribution in [0.15, 0.2) is 47.6 Å². The zero-order chi connectivity index (χ0) is 19.6. The number of nitrogens with one attached hydrogen (secondary N) is 1. The van der Waals surface area contributed by atoms with Crippen LogP contribution in [0.3, 0.4) is 0 Å². The van der Waals surface area contributed by atoms with Crippen LogP contribution in [0, 0.1) is 0 Å². The molecule has 0 fully saturated rings. The predicted octanol–water partition coefficient (Wildman–Crippen LogP) is 3.29. The minimum Gasteiger partial charge on any atom is -0.497 e. The lowest BCUT2D eigenvalue weighted by Gasteiger charge is -2.22. The number of ether oxygens (including phenoxy) is 2. The Morgan fingerprint density at radius 1 is 1.22 bits per heavy atom. The van der Waals surface area contributed by atoms with E-state index in [2.05, 4.69) is 29.3 Å². The highest BCUT2D eigenvalue weighted by Crippen LogP contribution is 2.26. The summed E-state index contributed by atoms with van der Waals surface area (Å²) >= 11 is 4.77. The third-order valence-electron chi connectivity index (χ3n) is 4.03. The van der Waals surface area contributed by atoms with Gasteiger partial charge in [-0.2, -0.15) is 5.10 Å². The molecule has 0 bridgehead atoms. The summed E-state index contributed by atoms with van der Waals surface area (Å²) in [5, 5.41) is 4.16. The van der Waals surface area contributed by atoms with Crippen molar-refractivity contribution in [2.45, 2.75) is 20.5 Å². The predicted molar refractivity (Wildman–Crippen MR) is 115 cm³/mol. The molecule has 0 radical (unpaired) electrons. The number of methoxy groups -OCH3 is 1. The second-order valence-electron chi connectivity index (χ2n) is 5.77. The van der Waals surface area contributed by atoms with Gasteiger partial charge in [-0.3, -0.25) is 5.43 Å². The van der Waals surface area contributed by atoms with Crippen LogP contribution in [0.1, 0.15) is 25.0 Å². The molecule has 27 heavy (non-hydrogen) atoms. The Bertz CT molecular complexity index is 791. The van der Waals surface area contributed by atoms with Crippen LogP contribution < -0.4 is 25.5 Å². The number of nitrogens with zero attached hydrogens (tertiary/aromatic N) is 2. The van der Waals surface area contributed by atoms with Gasteiger partial charge in [-0.1, -0.05) is 12.1 Å². The normalized spacial score (nSPS) is 10.6. The summed E-state index contributed by atoms with van der Waals surface area (Å²) in [6.07, 6.45) is 1.64. The van der Waals surface area contributed by atoms with Gasteiger partial charge in [-0.15, -0.1) is 0 Å². The van der Waals surface area contributed by atoms with Crippen molar-refractivity contribution < 1.29 is 9.47 Å². The van der Waals surface area contributed by atoms with E-state index in [0.717, 1.165) is 41.4 Å². The number of benzene rings is 2. The summed E-state index contributed by atoms with van der Waals surface area (Å²) in [5.41, 5.74) is 10.9. The van der Waals surface area contributed by atoms with Crippen LogP contribution >= 0.6 is 12.2 Å². The van der Waals surface area contributed by atoms with Crippen molar-refractivity contribution in [2.75, 3.05) is 25.1 Å². The topological polar surface area (TPSA) is 72.1 Å². The lowest BCUT2D eigenvalue weighted by atomic mass is 10.1. The van der Waals surface area contributed by atoms with Gasteiger partial charge in [0.15, 0.2) is 5.11 Å². The molecule has 2 rings (SSSR count). The second-order valence-corrected chi connectivity index (χ2v) is 6.21. The molecule has 0 amide bonds. The van der Waals surface area contributed by atoms with Crippen molar-refractivity contribution in [3.63, 3.8) is 0 Å². The first-order chi connectivity index (χ1) is 13.1. The van der Waals surface area contributed by atoms with Crippen LogP contribution in [-0.4, -0.2) is 31.5 Å². The Labute approximate surface area is 166 Å². The van der Waals surface area contributed by atoms with Gasteiger partial charge in [-0.05, 0) is 55.9 Å². The Kier molecular flexibility index (Phi) is 7.88. The van der Waals surface area contributed by atoms with E-state index in [0.29, 0.717) is 6.61 Å². The first-order valence-corrected chi connectivity index (χ1v) is 9.21. The summed E-state index contributed by atoms with van der Waals surface area (Å²) in [6.45, 7) is 6.51. The zero-order valence-corrected chi connectivity index (χ0v) is 16.8. The monoisotopic (exact) mass is 386 g/mol. The summed E-state index contributed by atoms with van der Waals surface area (Å²) in [6, 6.07) is 13.8. The molecule has 3 N–H and O–H groups in total. The van der Waals surface area contributed by atoms with Gasteiger partial charge in [0.1, 0.15) is 18.1 Å². The highest BCUT2D eigenvalue weighted by molar-refractivity contribution is 7.80. The Morgan fingerprint density at radius 3 is 2.67 bits per heavy atom. The van der Waals surface area contributed by atoms with E-state index in [1.165, 1.54) is 0 Å². The van der Waals surface area contributed by atoms with Crippen molar-refractivity contribution in [3.05, 3.63) is 53.6 Å². The lowest BCUT2D eigenvalue weighted by Crippen LogP contribution is -2.24. The third kappa shape index (κ3) is 6.14. The molecule has 0 saturated heterocycles. The molecule has 2 aromatic carbocycles. The van der Waals surface area contributed by atoms with Gasteiger partial charge >= 0.3 is 0 Å². The third-order valence-corrected chi connectivity index (χ3v) is 4.12. The number of hydrogen-bond donors (Lipinski definition) is 2. The van der Waals surface area contributed by atoms with E-state index in [9.17, 15) is 0 Å². The maximum absolute atomic E-state index is 6.09. The first-order valence-electron chi connectivity index (χ1n) is 8.80. The van der Waals surface area contributed by atoms with Gasteiger partial charge in [-0.25, -0.2) is 0 Å². The van der Waals surface area contributed by atoms with Gasteiger partial charge in [0.25, 0.3) is 0 Å². The highest BCUT2D eigenvalue weighted by Gasteiger charge is 2.09. The molecule has 0 aromatic heterocycles. The Hall–Kier alpha value is -2.80. The molecule has 2 aromatic rings. The summed E-state index contributed by atoms with van der Waals surface area (Å²) in [5.74, 6) is 1.53. The van der Waals surface area contributed by atoms with Crippen LogP contribution in [0.4, 0.5) is 5.69 Å². The van der Waals surface area contributed by atoms with Crippen molar-refractivity contribution >= 4 is 29.2 Å². The molecular weight excluding hydrogens is 360 g/mol. The minimum atomic E-state index is 0.116. The zero-order valence-electron chi connectivity index (χ0n) is 15.9. The number of thiocarbonyl (C=S) groups is 1. The molecule has 0 spiro atoms. The molecule has 0 saturated carbocycles. The fourth-order valence-electron chi connectivity index (χ4n) is 2.63. The van der Waals surface area contributed by atoms with Crippen molar-refractivity contribution in [2.24, 2.45) is 10.8 Å². The molecule has 0 unspecified atom stereocenters. The quantitative estimate of drug-likeness (QED) is 0.391. The maximum atomic E-state index is 6.09. The molecule has 0 aliphatic rings. The average molecular weight is 387 g/mol. The number of hydrazone groups is 1. The van der Waals surface area contributed by atoms with Crippen molar-refractivity contribution in [1.82, 2.24) is 5.43 Å². The van der Waals surface area contributed by atoms with Crippen molar-refractivity contribution in [1.29, 1.82) is 0 Å². The second kappa shape index (κ2) is 10.4. The molecular formula is C20H26N4O2S. The van der Waals surface area contributed by atoms with E-state index < -0.39 is 0 Å². The summed E-state index contributed by atoms with van der Waals surface area (Å²) in [7, 11) is 1.65. The number of anilines is 1. The van der Waals surface area contributed by atoms with E-state index in [4.69, 9.17) is 27.4 Å². The van der Waals surface area contributed by atoms with Gasteiger partial charge in [0, 0.05) is 30.4 Å². The molecule has 0 aliphatic heterocycles. The molecule has 144 valence electrons. The van der Waals surface area contributed by atoms with Crippen molar-refractivity contribution in [3.8, 4) is 11.5 Å². The number of hydrogen-bond acceptors (Lipinski definition) is 5. The molecule has 0 aliphatic carbocycles. The molecule has 0 atom stereocenters. The van der Waals surface area contributed by atoms with E-state index in [1.54, 1.807) is 13.3 Å². The van der Waals surface area contributed by atoms with Crippen LogP contribution in [0.2, 0.25) is 0 Å². The fourth-order valence-corrected chi connectivity index (χ4v) is 2.68. The minimum absolute atomic E-state index is 0.116. The highest BCUT2D eigenvalue weighted by atomic mass is 32.1.